The Balaban J connectivity index is 1.27. The van der Waals surface area contributed by atoms with Gasteiger partial charge in [-0.3, -0.25) is 19.7 Å². The van der Waals surface area contributed by atoms with Crippen molar-refractivity contribution in [1.82, 2.24) is 25.4 Å². The Bertz CT molecular complexity index is 1210. The van der Waals surface area contributed by atoms with E-state index in [1.54, 1.807) is 36.5 Å². The molecule has 0 bridgehead atoms. The van der Waals surface area contributed by atoms with Crippen molar-refractivity contribution in [3.05, 3.63) is 89.9 Å². The average Bonchev–Trinajstić information content (AvgIpc) is 3.27. The first kappa shape index (κ1) is 21.0. The second-order valence-electron chi connectivity index (χ2n) is 7.34. The smallest absolute Gasteiger partial charge is 0.272 e. The summed E-state index contributed by atoms with van der Waals surface area (Å²) in [5, 5.41) is 10.7. The topological polar surface area (TPSA) is 100 Å². The number of fused-ring (bicyclic) bond motifs is 1. The number of amides is 2. The number of para-hydroxylation sites is 1. The van der Waals surface area contributed by atoms with Crippen molar-refractivity contribution >= 4 is 22.7 Å². The molecule has 0 atom stereocenters. The van der Waals surface area contributed by atoms with Crippen LogP contribution in [0.15, 0.2) is 73.1 Å². The zero-order valence-electron chi connectivity index (χ0n) is 17.6. The van der Waals surface area contributed by atoms with Crippen LogP contribution in [0.3, 0.4) is 0 Å². The van der Waals surface area contributed by atoms with Crippen molar-refractivity contribution in [3.63, 3.8) is 0 Å². The largest absolute Gasteiger partial charge is 0.482 e. The van der Waals surface area contributed by atoms with Crippen molar-refractivity contribution in [2.24, 2.45) is 0 Å². The van der Waals surface area contributed by atoms with Crippen molar-refractivity contribution in [3.8, 4) is 5.75 Å². The van der Waals surface area contributed by atoms with Gasteiger partial charge in [-0.25, -0.2) is 0 Å². The SMILES string of the molecule is CN(Cc1ccc(CNC(=O)c2n[nH]c3ccccc23)cc1)C(=O)COc1cccnc1. The second-order valence-corrected chi connectivity index (χ2v) is 7.34. The lowest BCUT2D eigenvalue weighted by Gasteiger charge is -2.17. The number of hydrogen-bond acceptors (Lipinski definition) is 5. The molecule has 8 heteroatoms. The Labute approximate surface area is 185 Å². The van der Waals surface area contributed by atoms with E-state index in [4.69, 9.17) is 4.74 Å². The van der Waals surface area contributed by atoms with Crippen LogP contribution in [0.4, 0.5) is 0 Å². The summed E-state index contributed by atoms with van der Waals surface area (Å²) >= 11 is 0. The second kappa shape index (κ2) is 9.74. The third kappa shape index (κ3) is 5.10. The molecule has 0 saturated heterocycles. The maximum atomic E-state index is 12.5. The zero-order chi connectivity index (χ0) is 22.3. The summed E-state index contributed by atoms with van der Waals surface area (Å²) in [5.74, 6) is 0.199. The number of rotatable bonds is 8. The number of nitrogens with zero attached hydrogens (tertiary/aromatic N) is 3. The standard InChI is InChI=1S/C24H23N5O3/c1-29(22(30)16-32-19-5-4-12-25-14-19)15-18-10-8-17(9-11-18)13-26-24(31)23-20-6-2-3-7-21(20)27-28-23/h2-12,14H,13,15-16H2,1H3,(H,26,31)(H,27,28). The van der Waals surface area contributed by atoms with Gasteiger partial charge in [-0.1, -0.05) is 42.5 Å². The van der Waals surface area contributed by atoms with E-state index in [9.17, 15) is 9.59 Å². The van der Waals surface area contributed by atoms with Gasteiger partial charge in [-0.05, 0) is 29.3 Å². The van der Waals surface area contributed by atoms with Crippen molar-refractivity contribution in [1.29, 1.82) is 0 Å². The van der Waals surface area contributed by atoms with Crippen LogP contribution in [0.2, 0.25) is 0 Å². The van der Waals surface area contributed by atoms with Crippen LogP contribution in [0.25, 0.3) is 10.9 Å². The molecular formula is C24H23N5O3. The van der Waals surface area contributed by atoms with E-state index in [0.29, 0.717) is 24.5 Å². The normalized spacial score (nSPS) is 10.7. The number of pyridine rings is 1. The molecule has 2 aromatic heterocycles. The molecule has 32 heavy (non-hydrogen) atoms. The summed E-state index contributed by atoms with van der Waals surface area (Å²) in [7, 11) is 1.73. The molecule has 4 rings (SSSR count). The predicted molar refractivity (Wildman–Crippen MR) is 120 cm³/mol. The van der Waals surface area contributed by atoms with E-state index in [1.165, 1.54) is 0 Å². The van der Waals surface area contributed by atoms with Gasteiger partial charge in [-0.2, -0.15) is 5.10 Å². The highest BCUT2D eigenvalue weighted by Crippen LogP contribution is 2.15. The first-order valence-electron chi connectivity index (χ1n) is 10.2. The fourth-order valence-corrected chi connectivity index (χ4v) is 3.21. The minimum Gasteiger partial charge on any atom is -0.482 e. The maximum Gasteiger partial charge on any atom is 0.272 e. The molecule has 0 unspecified atom stereocenters. The fourth-order valence-electron chi connectivity index (χ4n) is 3.21. The molecular weight excluding hydrogens is 406 g/mol. The van der Waals surface area contributed by atoms with Crippen LogP contribution in [-0.2, 0) is 17.9 Å². The van der Waals surface area contributed by atoms with Gasteiger partial charge in [0, 0.05) is 31.7 Å². The number of ether oxygens (including phenoxy) is 1. The minimum absolute atomic E-state index is 0.0474. The van der Waals surface area contributed by atoms with Crippen LogP contribution in [0, 0.1) is 0 Å². The van der Waals surface area contributed by atoms with E-state index in [-0.39, 0.29) is 18.4 Å². The Hall–Kier alpha value is -4.20. The average molecular weight is 429 g/mol. The van der Waals surface area contributed by atoms with E-state index < -0.39 is 0 Å². The van der Waals surface area contributed by atoms with Crippen molar-refractivity contribution in [2.45, 2.75) is 13.1 Å². The molecule has 0 radical (unpaired) electrons. The highest BCUT2D eigenvalue weighted by Gasteiger charge is 2.14. The van der Waals surface area contributed by atoms with E-state index in [0.717, 1.165) is 22.0 Å². The number of nitrogens with one attached hydrogen (secondary N) is 2. The molecule has 2 amide bonds. The van der Waals surface area contributed by atoms with Gasteiger partial charge in [-0.15, -0.1) is 0 Å². The molecule has 8 nitrogen and oxygen atoms in total. The lowest BCUT2D eigenvalue weighted by Crippen LogP contribution is -2.31. The third-order valence-corrected chi connectivity index (χ3v) is 5.00. The number of aromatic nitrogens is 3. The van der Waals surface area contributed by atoms with Crippen LogP contribution in [-0.4, -0.2) is 45.6 Å². The quantitative estimate of drug-likeness (QED) is 0.449. The van der Waals surface area contributed by atoms with Crippen LogP contribution in [0.1, 0.15) is 21.6 Å². The lowest BCUT2D eigenvalue weighted by molar-refractivity contribution is -0.132. The maximum absolute atomic E-state index is 12.5. The highest BCUT2D eigenvalue weighted by molar-refractivity contribution is 6.04. The number of benzene rings is 2. The first-order chi connectivity index (χ1) is 15.6. The molecule has 0 fully saturated rings. The number of H-pyrrole nitrogens is 1. The highest BCUT2D eigenvalue weighted by atomic mass is 16.5. The van der Waals surface area contributed by atoms with Gasteiger partial charge < -0.3 is 15.0 Å². The fraction of sp³-hybridized carbons (Fsp3) is 0.167. The molecule has 0 aliphatic rings. The third-order valence-electron chi connectivity index (χ3n) is 5.00. The van der Waals surface area contributed by atoms with Gasteiger partial charge in [0.25, 0.3) is 11.8 Å². The molecule has 0 aliphatic heterocycles. The van der Waals surface area contributed by atoms with E-state index in [2.05, 4.69) is 20.5 Å². The number of carbonyl (C=O) groups excluding carboxylic acids is 2. The van der Waals surface area contributed by atoms with Crippen LogP contribution < -0.4 is 10.1 Å². The zero-order valence-corrected chi connectivity index (χ0v) is 17.6. The summed E-state index contributed by atoms with van der Waals surface area (Å²) < 4.78 is 5.46. The number of hydrogen-bond donors (Lipinski definition) is 2. The number of aromatic amines is 1. The molecule has 162 valence electrons. The summed E-state index contributed by atoms with van der Waals surface area (Å²) in [6.45, 7) is 0.795. The van der Waals surface area contributed by atoms with Crippen LogP contribution in [0.5, 0.6) is 5.75 Å². The van der Waals surface area contributed by atoms with Gasteiger partial charge >= 0.3 is 0 Å². The summed E-state index contributed by atoms with van der Waals surface area (Å²) in [4.78, 5) is 30.3. The van der Waals surface area contributed by atoms with Gasteiger partial charge in [0.15, 0.2) is 12.3 Å². The van der Waals surface area contributed by atoms with Crippen LogP contribution >= 0.6 is 0 Å². The molecule has 2 aromatic carbocycles. The minimum atomic E-state index is -0.231. The number of carbonyl (C=O) groups is 2. The van der Waals surface area contributed by atoms with Gasteiger partial charge in [0.05, 0.1) is 11.7 Å². The summed E-state index contributed by atoms with van der Waals surface area (Å²) in [6, 6.07) is 18.8. The lowest BCUT2D eigenvalue weighted by atomic mass is 10.1. The molecule has 0 aliphatic carbocycles. The number of likely N-dealkylation sites (N-methyl/N-ethyl adjacent to an activating group) is 1. The molecule has 0 saturated carbocycles. The van der Waals surface area contributed by atoms with Gasteiger partial charge in [0.1, 0.15) is 5.75 Å². The predicted octanol–water partition coefficient (Wildman–Crippen LogP) is 2.93. The monoisotopic (exact) mass is 429 g/mol. The Morgan fingerprint density at radius 1 is 1.03 bits per heavy atom. The first-order valence-corrected chi connectivity index (χ1v) is 10.2. The Kier molecular flexibility index (Phi) is 6.41. The summed E-state index contributed by atoms with van der Waals surface area (Å²) in [6.07, 6.45) is 3.22. The molecule has 0 spiro atoms. The molecule has 2 heterocycles. The molecule has 2 N–H and O–H groups in total. The van der Waals surface area contributed by atoms with E-state index in [1.807, 2.05) is 48.5 Å². The van der Waals surface area contributed by atoms with Gasteiger partial charge in [0.2, 0.25) is 0 Å². The Morgan fingerprint density at radius 2 is 1.81 bits per heavy atom. The van der Waals surface area contributed by atoms with E-state index >= 15 is 0 Å². The van der Waals surface area contributed by atoms with Crippen molar-refractivity contribution in [2.75, 3.05) is 13.7 Å². The molecule has 4 aromatic rings. The Morgan fingerprint density at radius 3 is 2.59 bits per heavy atom. The summed E-state index contributed by atoms with van der Waals surface area (Å²) in [5.41, 5.74) is 3.14. The van der Waals surface area contributed by atoms with Crippen molar-refractivity contribution < 1.29 is 14.3 Å².